The number of pyridine rings is 1. The minimum absolute atomic E-state index is 0.734. The fraction of sp³-hybridized carbons (Fsp3) is 0.353. The summed E-state index contributed by atoms with van der Waals surface area (Å²) in [6.45, 7) is 4.55. The van der Waals surface area contributed by atoms with Crippen LogP contribution < -0.4 is 5.32 Å². The molecule has 0 bridgehead atoms. The molecule has 2 aromatic rings. The van der Waals surface area contributed by atoms with Gasteiger partial charge in [-0.25, -0.2) is 4.98 Å². The number of thioether (sulfide) groups is 1. The van der Waals surface area contributed by atoms with Crippen LogP contribution in [0, 0.1) is 6.92 Å². The molecule has 0 aliphatic carbocycles. The lowest BCUT2D eigenvalue weighted by Gasteiger charge is -2.06. The molecule has 0 aliphatic rings. The molecule has 21 heavy (non-hydrogen) atoms. The van der Waals surface area contributed by atoms with Gasteiger partial charge in [0.1, 0.15) is 0 Å². The molecule has 0 saturated heterocycles. The second-order valence-corrected chi connectivity index (χ2v) is 5.95. The maximum absolute atomic E-state index is 5.00. The monoisotopic (exact) mass is 302 g/mol. The Morgan fingerprint density at radius 2 is 2.10 bits per heavy atom. The SMILES string of the molecule is COCCNCc1ccc(SCc2cccc(C)c2)nc1. The number of nitrogens with zero attached hydrogens (tertiary/aromatic N) is 1. The van der Waals surface area contributed by atoms with Crippen LogP contribution in [0.1, 0.15) is 16.7 Å². The molecule has 4 heteroatoms. The molecule has 0 amide bonds. The van der Waals surface area contributed by atoms with Gasteiger partial charge in [-0.3, -0.25) is 0 Å². The van der Waals surface area contributed by atoms with Crippen LogP contribution in [0.25, 0.3) is 0 Å². The summed E-state index contributed by atoms with van der Waals surface area (Å²) in [5.74, 6) is 0.958. The van der Waals surface area contributed by atoms with Crippen LogP contribution >= 0.6 is 11.8 Å². The lowest BCUT2D eigenvalue weighted by atomic mass is 10.2. The van der Waals surface area contributed by atoms with Crippen molar-refractivity contribution in [2.75, 3.05) is 20.3 Å². The fourth-order valence-electron chi connectivity index (χ4n) is 1.97. The number of nitrogens with one attached hydrogen (secondary N) is 1. The summed E-state index contributed by atoms with van der Waals surface area (Å²) >= 11 is 1.77. The Balaban J connectivity index is 1.79. The highest BCUT2D eigenvalue weighted by atomic mass is 32.2. The second-order valence-electron chi connectivity index (χ2n) is 4.95. The van der Waals surface area contributed by atoms with E-state index < -0.39 is 0 Å². The van der Waals surface area contributed by atoms with Crippen molar-refractivity contribution >= 4 is 11.8 Å². The first-order valence-corrected chi connectivity index (χ1v) is 8.09. The van der Waals surface area contributed by atoms with Crippen molar-refractivity contribution in [3.05, 3.63) is 59.3 Å². The van der Waals surface area contributed by atoms with E-state index in [0.717, 1.165) is 30.5 Å². The van der Waals surface area contributed by atoms with Gasteiger partial charge >= 0.3 is 0 Å². The lowest BCUT2D eigenvalue weighted by molar-refractivity contribution is 0.199. The van der Waals surface area contributed by atoms with Gasteiger partial charge in [-0.15, -0.1) is 11.8 Å². The molecule has 0 fully saturated rings. The van der Waals surface area contributed by atoms with Gasteiger partial charge < -0.3 is 10.1 Å². The summed E-state index contributed by atoms with van der Waals surface area (Å²) in [5.41, 5.74) is 3.84. The predicted octanol–water partition coefficient (Wildman–Crippen LogP) is 3.42. The molecule has 3 nitrogen and oxygen atoms in total. The summed E-state index contributed by atoms with van der Waals surface area (Å²) < 4.78 is 5.00. The summed E-state index contributed by atoms with van der Waals surface area (Å²) in [6.07, 6.45) is 1.94. The molecule has 1 heterocycles. The maximum atomic E-state index is 5.00. The number of aryl methyl sites for hydroxylation is 1. The third kappa shape index (κ3) is 5.87. The Bertz CT molecular complexity index is 543. The van der Waals surface area contributed by atoms with Crippen LogP contribution in [-0.4, -0.2) is 25.2 Å². The molecule has 0 saturated carbocycles. The predicted molar refractivity (Wildman–Crippen MR) is 88.6 cm³/mol. The smallest absolute Gasteiger partial charge is 0.0963 e. The fourth-order valence-corrected chi connectivity index (χ4v) is 2.75. The zero-order valence-electron chi connectivity index (χ0n) is 12.6. The Morgan fingerprint density at radius 1 is 1.19 bits per heavy atom. The van der Waals surface area contributed by atoms with Crippen molar-refractivity contribution in [2.45, 2.75) is 24.2 Å². The third-order valence-corrected chi connectivity index (χ3v) is 4.09. The van der Waals surface area contributed by atoms with E-state index >= 15 is 0 Å². The molecule has 1 N–H and O–H groups in total. The van der Waals surface area contributed by atoms with Gasteiger partial charge in [-0.05, 0) is 24.1 Å². The number of hydrogen-bond donors (Lipinski definition) is 1. The largest absolute Gasteiger partial charge is 0.383 e. The van der Waals surface area contributed by atoms with Crippen molar-refractivity contribution < 1.29 is 4.74 Å². The quantitative estimate of drug-likeness (QED) is 0.598. The minimum atomic E-state index is 0.734. The van der Waals surface area contributed by atoms with Gasteiger partial charge in [0.15, 0.2) is 0 Å². The first-order chi connectivity index (χ1) is 10.3. The molecule has 0 radical (unpaired) electrons. The normalized spacial score (nSPS) is 10.8. The van der Waals surface area contributed by atoms with Crippen LogP contribution in [0.2, 0.25) is 0 Å². The average Bonchev–Trinajstić information content (AvgIpc) is 2.51. The first-order valence-electron chi connectivity index (χ1n) is 7.11. The van der Waals surface area contributed by atoms with Crippen LogP contribution in [0.5, 0.6) is 0 Å². The van der Waals surface area contributed by atoms with Gasteiger partial charge in [-0.2, -0.15) is 0 Å². The number of ether oxygens (including phenoxy) is 1. The van der Waals surface area contributed by atoms with Gasteiger partial charge in [0, 0.05) is 32.1 Å². The minimum Gasteiger partial charge on any atom is -0.383 e. The zero-order chi connectivity index (χ0) is 14.9. The highest BCUT2D eigenvalue weighted by molar-refractivity contribution is 7.98. The van der Waals surface area contributed by atoms with Gasteiger partial charge in [0.05, 0.1) is 11.6 Å². The molecule has 0 unspecified atom stereocenters. The number of benzene rings is 1. The first kappa shape index (κ1) is 16.0. The Morgan fingerprint density at radius 3 is 2.81 bits per heavy atom. The Hall–Kier alpha value is -1.36. The molecule has 0 atom stereocenters. The number of hydrogen-bond acceptors (Lipinski definition) is 4. The van der Waals surface area contributed by atoms with Gasteiger partial charge in [0.25, 0.3) is 0 Å². The number of rotatable bonds is 8. The highest BCUT2D eigenvalue weighted by Gasteiger charge is 1.99. The van der Waals surface area contributed by atoms with Crippen molar-refractivity contribution in [3.63, 3.8) is 0 Å². The van der Waals surface area contributed by atoms with Crippen LogP contribution in [0.3, 0.4) is 0 Å². The van der Waals surface area contributed by atoms with Crippen molar-refractivity contribution in [1.82, 2.24) is 10.3 Å². The number of methoxy groups -OCH3 is 1. The van der Waals surface area contributed by atoms with Gasteiger partial charge in [0.2, 0.25) is 0 Å². The van der Waals surface area contributed by atoms with Crippen molar-refractivity contribution in [2.24, 2.45) is 0 Å². The average molecular weight is 302 g/mol. The van der Waals surface area contributed by atoms with E-state index in [1.54, 1.807) is 18.9 Å². The number of aromatic nitrogens is 1. The molecule has 0 aliphatic heterocycles. The lowest BCUT2D eigenvalue weighted by Crippen LogP contribution is -2.18. The molecule has 1 aromatic carbocycles. The van der Waals surface area contributed by atoms with E-state index in [1.807, 2.05) is 6.20 Å². The topological polar surface area (TPSA) is 34.1 Å². The molecular formula is C17H22N2OS. The van der Waals surface area contributed by atoms with E-state index in [-0.39, 0.29) is 0 Å². The standard InChI is InChI=1S/C17H22N2OS/c1-14-4-3-5-15(10-14)13-21-17-7-6-16(12-19-17)11-18-8-9-20-2/h3-7,10,12,18H,8-9,11,13H2,1-2H3. The van der Waals surface area contributed by atoms with E-state index in [2.05, 4.69) is 53.6 Å². The Kier molecular flexibility index (Phi) is 6.73. The maximum Gasteiger partial charge on any atom is 0.0963 e. The summed E-state index contributed by atoms with van der Waals surface area (Å²) in [4.78, 5) is 4.51. The second kappa shape index (κ2) is 8.82. The van der Waals surface area contributed by atoms with Gasteiger partial charge in [-0.1, -0.05) is 35.9 Å². The zero-order valence-corrected chi connectivity index (χ0v) is 13.5. The summed E-state index contributed by atoms with van der Waals surface area (Å²) in [5, 5.41) is 4.38. The molecule has 1 aromatic heterocycles. The van der Waals surface area contributed by atoms with E-state index in [1.165, 1.54) is 16.7 Å². The summed E-state index contributed by atoms with van der Waals surface area (Å²) in [6, 6.07) is 12.8. The van der Waals surface area contributed by atoms with Crippen molar-refractivity contribution in [1.29, 1.82) is 0 Å². The van der Waals surface area contributed by atoms with E-state index in [9.17, 15) is 0 Å². The highest BCUT2D eigenvalue weighted by Crippen LogP contribution is 2.21. The molecule has 0 spiro atoms. The molecular weight excluding hydrogens is 280 g/mol. The van der Waals surface area contributed by atoms with E-state index in [4.69, 9.17) is 4.74 Å². The van der Waals surface area contributed by atoms with Crippen LogP contribution in [0.4, 0.5) is 0 Å². The van der Waals surface area contributed by atoms with Crippen molar-refractivity contribution in [3.8, 4) is 0 Å². The van der Waals surface area contributed by atoms with Crippen LogP contribution in [-0.2, 0) is 17.0 Å². The van der Waals surface area contributed by atoms with Crippen LogP contribution in [0.15, 0.2) is 47.6 Å². The Labute approximate surface area is 131 Å². The summed E-state index contributed by atoms with van der Waals surface area (Å²) in [7, 11) is 1.71. The molecule has 2 rings (SSSR count). The van der Waals surface area contributed by atoms with E-state index in [0.29, 0.717) is 0 Å². The molecule has 112 valence electrons. The third-order valence-electron chi connectivity index (χ3n) is 3.08.